The molecule has 2 aromatic rings. The Hall–Kier alpha value is -2.31. The van der Waals surface area contributed by atoms with Crippen LogP contribution < -0.4 is 0 Å². The van der Waals surface area contributed by atoms with Gasteiger partial charge in [-0.1, -0.05) is 43.2 Å². The highest BCUT2D eigenvalue weighted by Crippen LogP contribution is 2.42. The number of likely N-dealkylation sites (N-methyl/N-ethyl adjacent to an activating group) is 1. The largest absolute Gasteiger partial charge is 0.454 e. The van der Waals surface area contributed by atoms with Gasteiger partial charge in [0.15, 0.2) is 11.7 Å². The summed E-state index contributed by atoms with van der Waals surface area (Å²) >= 11 is 0. The van der Waals surface area contributed by atoms with Crippen LogP contribution in [-0.4, -0.2) is 58.3 Å². The van der Waals surface area contributed by atoms with Gasteiger partial charge >= 0.3 is 5.97 Å². The maximum Gasteiger partial charge on any atom is 0.343 e. The van der Waals surface area contributed by atoms with E-state index in [1.165, 1.54) is 0 Å². The van der Waals surface area contributed by atoms with Crippen LogP contribution in [0.15, 0.2) is 48.8 Å². The van der Waals surface area contributed by atoms with E-state index in [9.17, 15) is 9.90 Å². The highest BCUT2D eigenvalue weighted by molar-refractivity contribution is 5.81. The summed E-state index contributed by atoms with van der Waals surface area (Å²) in [7, 11) is 2.21. The smallest absolute Gasteiger partial charge is 0.343 e. The predicted octanol–water partition coefficient (Wildman–Crippen LogP) is 3.25. The molecule has 2 heterocycles. The van der Waals surface area contributed by atoms with E-state index in [-0.39, 0.29) is 12.0 Å². The standard InChI is InChI=1S/C25H34N3O3/c1-28(18-14-23-26-15-8-16-27-23)17-7-13-22(19-28)31-24(29)25(30,21-11-5-6-12-21)20-9-3-2-4-10-20/h2-4,8-10,15-16,21-22,30H,5-7,11-14,17-19H2,1H3/q+1/t22-,25?,28?/m1/s1. The van der Waals surface area contributed by atoms with E-state index >= 15 is 0 Å². The highest BCUT2D eigenvalue weighted by atomic mass is 16.6. The topological polar surface area (TPSA) is 72.3 Å². The van der Waals surface area contributed by atoms with Crippen LogP contribution in [0.25, 0.3) is 0 Å². The molecule has 1 aliphatic carbocycles. The Morgan fingerprint density at radius 2 is 1.81 bits per heavy atom. The van der Waals surface area contributed by atoms with E-state index in [1.807, 2.05) is 36.4 Å². The molecule has 166 valence electrons. The van der Waals surface area contributed by atoms with Gasteiger partial charge in [-0.2, -0.15) is 0 Å². The molecule has 1 aliphatic heterocycles. The summed E-state index contributed by atoms with van der Waals surface area (Å²) in [5.74, 6) is 0.290. The summed E-state index contributed by atoms with van der Waals surface area (Å²) in [6.45, 7) is 2.71. The zero-order valence-corrected chi connectivity index (χ0v) is 18.4. The van der Waals surface area contributed by atoms with E-state index < -0.39 is 11.6 Å². The van der Waals surface area contributed by atoms with Crippen molar-refractivity contribution in [2.45, 2.75) is 56.7 Å². The lowest BCUT2D eigenvalue weighted by atomic mass is 9.80. The molecule has 4 rings (SSSR count). The molecule has 1 N–H and O–H groups in total. The molecule has 1 saturated heterocycles. The average molecular weight is 425 g/mol. The van der Waals surface area contributed by atoms with E-state index in [0.29, 0.717) is 5.56 Å². The fourth-order valence-corrected chi connectivity index (χ4v) is 5.30. The molecule has 2 aliphatic rings. The highest BCUT2D eigenvalue weighted by Gasteiger charge is 2.49. The first-order chi connectivity index (χ1) is 15.0. The molecule has 1 aromatic heterocycles. The molecular formula is C25H34N3O3+. The number of benzene rings is 1. The average Bonchev–Trinajstić information content (AvgIpc) is 3.34. The van der Waals surface area contributed by atoms with Crippen molar-refractivity contribution in [3.63, 3.8) is 0 Å². The minimum absolute atomic E-state index is 0.0814. The van der Waals surface area contributed by atoms with E-state index in [4.69, 9.17) is 4.74 Å². The van der Waals surface area contributed by atoms with Crippen LogP contribution in [0.5, 0.6) is 0 Å². The number of quaternary nitrogens is 1. The van der Waals surface area contributed by atoms with Gasteiger partial charge in [-0.15, -0.1) is 0 Å². The fraction of sp³-hybridized carbons (Fsp3) is 0.560. The van der Waals surface area contributed by atoms with Crippen LogP contribution in [0.3, 0.4) is 0 Å². The Morgan fingerprint density at radius 3 is 2.52 bits per heavy atom. The van der Waals surface area contributed by atoms with Crippen molar-refractivity contribution in [3.05, 3.63) is 60.2 Å². The number of aromatic nitrogens is 2. The first kappa shape index (κ1) is 21.9. The zero-order chi connectivity index (χ0) is 21.7. The second kappa shape index (κ2) is 9.45. The molecule has 3 atom stereocenters. The lowest BCUT2D eigenvalue weighted by molar-refractivity contribution is -0.916. The minimum Gasteiger partial charge on any atom is -0.454 e. The number of esters is 1. The molecule has 1 saturated carbocycles. The SMILES string of the molecule is C[N+]1(CCc2ncccn2)CCC[C@@H](OC(=O)C(O)(c2ccccc2)C2CCCC2)C1. The molecule has 1 aromatic carbocycles. The number of hydrogen-bond donors (Lipinski definition) is 1. The predicted molar refractivity (Wildman–Crippen MR) is 118 cm³/mol. The molecule has 0 amide bonds. The maximum atomic E-state index is 13.4. The molecule has 6 nitrogen and oxygen atoms in total. The van der Waals surface area contributed by atoms with Crippen LogP contribution in [0.2, 0.25) is 0 Å². The molecule has 0 radical (unpaired) electrons. The summed E-state index contributed by atoms with van der Waals surface area (Å²) in [6.07, 6.45) is 9.82. The summed E-state index contributed by atoms with van der Waals surface area (Å²) in [5, 5.41) is 11.7. The van der Waals surface area contributed by atoms with Crippen LogP contribution in [0, 0.1) is 5.92 Å². The number of carbonyl (C=O) groups excluding carboxylic acids is 1. The van der Waals surface area contributed by atoms with Crippen molar-refractivity contribution >= 4 is 5.97 Å². The van der Waals surface area contributed by atoms with Crippen LogP contribution in [-0.2, 0) is 21.6 Å². The Bertz CT molecular complexity index is 857. The monoisotopic (exact) mass is 424 g/mol. The minimum atomic E-state index is -1.56. The summed E-state index contributed by atoms with van der Waals surface area (Å²) in [6, 6.07) is 11.2. The van der Waals surface area contributed by atoms with Crippen molar-refractivity contribution in [3.8, 4) is 0 Å². The third-order valence-electron chi connectivity index (χ3n) is 7.11. The summed E-state index contributed by atoms with van der Waals surface area (Å²) < 4.78 is 6.86. The molecule has 0 spiro atoms. The van der Waals surface area contributed by atoms with Gasteiger partial charge in [0.25, 0.3) is 0 Å². The van der Waals surface area contributed by atoms with E-state index in [1.54, 1.807) is 12.4 Å². The number of piperidine rings is 1. The number of ether oxygens (including phenoxy) is 1. The maximum absolute atomic E-state index is 13.4. The van der Waals surface area contributed by atoms with Gasteiger partial charge in [0.2, 0.25) is 0 Å². The van der Waals surface area contributed by atoms with Crippen molar-refractivity contribution in [1.29, 1.82) is 0 Å². The van der Waals surface area contributed by atoms with Gasteiger partial charge < -0.3 is 14.3 Å². The lowest BCUT2D eigenvalue weighted by Gasteiger charge is -2.42. The van der Waals surface area contributed by atoms with Gasteiger partial charge in [0, 0.05) is 24.7 Å². The molecule has 2 fully saturated rings. The molecule has 0 bridgehead atoms. The molecule has 2 unspecified atom stereocenters. The number of rotatable bonds is 7. The second-order valence-corrected chi connectivity index (χ2v) is 9.45. The van der Waals surface area contributed by atoms with E-state index in [0.717, 1.165) is 74.9 Å². The normalized spacial score (nSPS) is 26.3. The van der Waals surface area contributed by atoms with Gasteiger partial charge in [-0.05, 0) is 30.9 Å². The number of likely N-dealkylation sites (tertiary alicyclic amines) is 1. The summed E-state index contributed by atoms with van der Waals surface area (Å²) in [4.78, 5) is 22.1. The van der Waals surface area contributed by atoms with E-state index in [2.05, 4.69) is 17.0 Å². The Kier molecular flexibility index (Phi) is 6.68. The van der Waals surface area contributed by atoms with Crippen LogP contribution >= 0.6 is 0 Å². The molecule has 6 heteroatoms. The number of hydrogen-bond acceptors (Lipinski definition) is 5. The Balaban J connectivity index is 1.44. The first-order valence-electron chi connectivity index (χ1n) is 11.6. The quantitative estimate of drug-likeness (QED) is 0.546. The van der Waals surface area contributed by atoms with Crippen LogP contribution in [0.1, 0.15) is 49.9 Å². The Labute approximate surface area is 184 Å². The summed E-state index contributed by atoms with van der Waals surface area (Å²) in [5.41, 5.74) is -0.905. The van der Waals surface area contributed by atoms with Gasteiger partial charge in [-0.25, -0.2) is 14.8 Å². The van der Waals surface area contributed by atoms with Gasteiger partial charge in [-0.3, -0.25) is 0 Å². The number of aliphatic hydroxyl groups is 1. The fourth-order valence-electron chi connectivity index (χ4n) is 5.30. The van der Waals surface area contributed by atoms with Crippen molar-refractivity contribution in [2.75, 3.05) is 26.7 Å². The molecule has 31 heavy (non-hydrogen) atoms. The Morgan fingerprint density at radius 1 is 1.10 bits per heavy atom. The van der Waals surface area contributed by atoms with Gasteiger partial charge in [0.1, 0.15) is 12.4 Å². The van der Waals surface area contributed by atoms with Crippen LogP contribution in [0.4, 0.5) is 0 Å². The molecular weight excluding hydrogens is 390 g/mol. The first-order valence-corrected chi connectivity index (χ1v) is 11.6. The third kappa shape index (κ3) is 4.96. The lowest BCUT2D eigenvalue weighted by Crippen LogP contribution is -2.56. The van der Waals surface area contributed by atoms with Crippen molar-refractivity contribution in [2.24, 2.45) is 5.92 Å². The van der Waals surface area contributed by atoms with Gasteiger partial charge in [0.05, 0.1) is 26.6 Å². The number of nitrogens with zero attached hydrogens (tertiary/aromatic N) is 3. The van der Waals surface area contributed by atoms with Crippen molar-refractivity contribution in [1.82, 2.24) is 9.97 Å². The second-order valence-electron chi connectivity index (χ2n) is 9.45. The van der Waals surface area contributed by atoms with Crippen molar-refractivity contribution < 1.29 is 19.1 Å². The third-order valence-corrected chi connectivity index (χ3v) is 7.11. The zero-order valence-electron chi connectivity index (χ0n) is 18.4. The number of carbonyl (C=O) groups is 1.